The van der Waals surface area contributed by atoms with Gasteiger partial charge in [0.15, 0.2) is 0 Å². The van der Waals surface area contributed by atoms with Crippen molar-refractivity contribution in [1.82, 2.24) is 10.6 Å². The molecule has 0 aromatic heterocycles. The molecule has 4 heteroatoms. The van der Waals surface area contributed by atoms with E-state index in [9.17, 15) is 0 Å². The highest BCUT2D eigenvalue weighted by atomic mass is 32.2. The van der Waals surface area contributed by atoms with Crippen molar-refractivity contribution < 1.29 is 4.74 Å². The molecule has 3 nitrogen and oxygen atoms in total. The Hall–Kier alpha value is -0.550. The van der Waals surface area contributed by atoms with Crippen LogP contribution in [0.2, 0.25) is 0 Å². The first-order chi connectivity index (χ1) is 8.92. The van der Waals surface area contributed by atoms with E-state index in [2.05, 4.69) is 34.9 Å². The minimum atomic E-state index is 0.671. The summed E-state index contributed by atoms with van der Waals surface area (Å²) in [7, 11) is 1.73. The monoisotopic (exact) mass is 266 g/mol. The standard InChI is InChI=1S/C14H22N2OS/c1-17-9-8-15-6-7-16-10-12-11-18-14-5-3-2-4-13(12)14/h2-5,12,15-16H,6-11H2,1H3. The minimum Gasteiger partial charge on any atom is -0.383 e. The van der Waals surface area contributed by atoms with E-state index < -0.39 is 0 Å². The van der Waals surface area contributed by atoms with Crippen molar-refractivity contribution in [2.75, 3.05) is 45.6 Å². The van der Waals surface area contributed by atoms with Crippen molar-refractivity contribution in [2.45, 2.75) is 10.8 Å². The SMILES string of the molecule is COCCNCCNCC1CSc2ccccc21. The van der Waals surface area contributed by atoms with E-state index in [-0.39, 0.29) is 0 Å². The van der Waals surface area contributed by atoms with Crippen LogP contribution in [0.1, 0.15) is 11.5 Å². The number of benzene rings is 1. The summed E-state index contributed by atoms with van der Waals surface area (Å²) >= 11 is 1.98. The lowest BCUT2D eigenvalue weighted by molar-refractivity contribution is 0.199. The number of fused-ring (bicyclic) bond motifs is 1. The van der Waals surface area contributed by atoms with Gasteiger partial charge in [-0.3, -0.25) is 0 Å². The maximum absolute atomic E-state index is 4.98. The lowest BCUT2D eigenvalue weighted by Gasteiger charge is -2.12. The second-order valence-electron chi connectivity index (χ2n) is 4.49. The summed E-state index contributed by atoms with van der Waals surface area (Å²) in [6, 6.07) is 8.76. The maximum Gasteiger partial charge on any atom is 0.0587 e. The molecule has 1 aromatic rings. The number of hydrogen-bond donors (Lipinski definition) is 2. The Morgan fingerprint density at radius 1 is 1.22 bits per heavy atom. The molecule has 0 fully saturated rings. The Morgan fingerprint density at radius 2 is 2.06 bits per heavy atom. The van der Waals surface area contributed by atoms with E-state index in [1.165, 1.54) is 16.2 Å². The van der Waals surface area contributed by atoms with Crippen LogP contribution in [0.25, 0.3) is 0 Å². The molecule has 1 atom stereocenters. The lowest BCUT2D eigenvalue weighted by Crippen LogP contribution is -2.31. The summed E-state index contributed by atoms with van der Waals surface area (Å²) in [5.41, 5.74) is 1.52. The van der Waals surface area contributed by atoms with Crippen LogP contribution in [-0.4, -0.2) is 45.6 Å². The molecule has 1 unspecified atom stereocenters. The molecular formula is C14H22N2OS. The van der Waals surface area contributed by atoms with Gasteiger partial charge in [-0.05, 0) is 11.6 Å². The van der Waals surface area contributed by atoms with Crippen LogP contribution in [0.3, 0.4) is 0 Å². The quantitative estimate of drug-likeness (QED) is 0.702. The van der Waals surface area contributed by atoms with Crippen molar-refractivity contribution >= 4 is 11.8 Å². The molecule has 2 rings (SSSR count). The molecule has 1 heterocycles. The highest BCUT2D eigenvalue weighted by Crippen LogP contribution is 2.38. The zero-order valence-corrected chi connectivity index (χ0v) is 11.8. The molecular weight excluding hydrogens is 244 g/mol. The predicted molar refractivity (Wildman–Crippen MR) is 77.5 cm³/mol. The molecule has 0 radical (unpaired) electrons. The smallest absolute Gasteiger partial charge is 0.0587 e. The van der Waals surface area contributed by atoms with Crippen molar-refractivity contribution in [3.05, 3.63) is 29.8 Å². The van der Waals surface area contributed by atoms with Crippen LogP contribution in [0.4, 0.5) is 0 Å². The highest BCUT2D eigenvalue weighted by Gasteiger charge is 2.21. The van der Waals surface area contributed by atoms with E-state index in [1.54, 1.807) is 7.11 Å². The van der Waals surface area contributed by atoms with Crippen LogP contribution < -0.4 is 10.6 Å². The zero-order chi connectivity index (χ0) is 12.6. The van der Waals surface area contributed by atoms with E-state index in [1.807, 2.05) is 11.8 Å². The highest BCUT2D eigenvalue weighted by molar-refractivity contribution is 7.99. The normalized spacial score (nSPS) is 17.9. The fourth-order valence-corrected chi connectivity index (χ4v) is 3.40. The molecule has 1 aliphatic rings. The van der Waals surface area contributed by atoms with Gasteiger partial charge in [0.2, 0.25) is 0 Å². The average Bonchev–Trinajstić information content (AvgIpc) is 2.81. The summed E-state index contributed by atoms with van der Waals surface area (Å²) in [6.07, 6.45) is 0. The Kier molecular flexibility index (Phi) is 6.00. The van der Waals surface area contributed by atoms with Crippen LogP contribution in [0.5, 0.6) is 0 Å². The second-order valence-corrected chi connectivity index (χ2v) is 5.55. The van der Waals surface area contributed by atoms with Gasteiger partial charge in [0.1, 0.15) is 0 Å². The van der Waals surface area contributed by atoms with Crippen molar-refractivity contribution in [1.29, 1.82) is 0 Å². The topological polar surface area (TPSA) is 33.3 Å². The van der Waals surface area contributed by atoms with Gasteiger partial charge in [0.25, 0.3) is 0 Å². The van der Waals surface area contributed by atoms with Gasteiger partial charge >= 0.3 is 0 Å². The van der Waals surface area contributed by atoms with Gasteiger partial charge in [0.05, 0.1) is 6.61 Å². The molecule has 2 N–H and O–H groups in total. The van der Waals surface area contributed by atoms with E-state index in [0.717, 1.165) is 32.8 Å². The van der Waals surface area contributed by atoms with Crippen LogP contribution in [0, 0.1) is 0 Å². The summed E-state index contributed by atoms with van der Waals surface area (Å²) < 4.78 is 4.98. The summed E-state index contributed by atoms with van der Waals surface area (Å²) in [5, 5.41) is 6.87. The molecule has 1 aromatic carbocycles. The molecule has 1 aliphatic heterocycles. The zero-order valence-electron chi connectivity index (χ0n) is 10.9. The summed E-state index contributed by atoms with van der Waals surface area (Å²) in [6.45, 7) is 4.82. The number of ether oxygens (including phenoxy) is 1. The molecule has 0 amide bonds. The molecule has 18 heavy (non-hydrogen) atoms. The van der Waals surface area contributed by atoms with Gasteiger partial charge in [-0.1, -0.05) is 18.2 Å². The second kappa shape index (κ2) is 7.79. The Balaban J connectivity index is 1.61. The lowest BCUT2D eigenvalue weighted by atomic mass is 10.0. The molecule has 0 spiro atoms. The first-order valence-corrected chi connectivity index (χ1v) is 7.52. The van der Waals surface area contributed by atoms with E-state index in [4.69, 9.17) is 4.74 Å². The van der Waals surface area contributed by atoms with Crippen molar-refractivity contribution in [3.63, 3.8) is 0 Å². The molecule has 100 valence electrons. The summed E-state index contributed by atoms with van der Waals surface area (Å²) in [4.78, 5) is 1.46. The molecule has 0 aliphatic carbocycles. The van der Waals surface area contributed by atoms with Gasteiger partial charge < -0.3 is 15.4 Å². The molecule has 0 saturated heterocycles. The third kappa shape index (κ3) is 3.99. The van der Waals surface area contributed by atoms with Gasteiger partial charge in [0, 0.05) is 49.9 Å². The number of nitrogens with one attached hydrogen (secondary N) is 2. The Morgan fingerprint density at radius 3 is 2.94 bits per heavy atom. The van der Waals surface area contributed by atoms with Crippen LogP contribution in [0.15, 0.2) is 29.2 Å². The third-order valence-corrected chi connectivity index (χ3v) is 4.40. The fourth-order valence-electron chi connectivity index (χ4n) is 2.15. The van der Waals surface area contributed by atoms with Gasteiger partial charge in [-0.2, -0.15) is 0 Å². The minimum absolute atomic E-state index is 0.671. The van der Waals surface area contributed by atoms with Crippen LogP contribution in [-0.2, 0) is 4.74 Å². The molecule has 0 saturated carbocycles. The predicted octanol–water partition coefficient (Wildman–Crippen LogP) is 1.70. The third-order valence-electron chi connectivity index (χ3n) is 3.15. The first kappa shape index (κ1) is 13.9. The Labute approximate surface area is 114 Å². The average molecular weight is 266 g/mol. The Bertz CT molecular complexity index is 359. The van der Waals surface area contributed by atoms with E-state index in [0.29, 0.717) is 5.92 Å². The number of thioether (sulfide) groups is 1. The first-order valence-electron chi connectivity index (χ1n) is 6.54. The number of rotatable bonds is 8. The largest absolute Gasteiger partial charge is 0.383 e. The van der Waals surface area contributed by atoms with E-state index >= 15 is 0 Å². The van der Waals surface area contributed by atoms with Gasteiger partial charge in [-0.15, -0.1) is 11.8 Å². The number of hydrogen-bond acceptors (Lipinski definition) is 4. The van der Waals surface area contributed by atoms with Gasteiger partial charge in [-0.25, -0.2) is 0 Å². The number of methoxy groups -OCH3 is 1. The van der Waals surface area contributed by atoms with Crippen LogP contribution >= 0.6 is 11.8 Å². The maximum atomic E-state index is 4.98. The molecule has 0 bridgehead atoms. The summed E-state index contributed by atoms with van der Waals surface area (Å²) in [5.74, 6) is 1.88. The fraction of sp³-hybridized carbons (Fsp3) is 0.571. The van der Waals surface area contributed by atoms with Crippen molar-refractivity contribution in [2.24, 2.45) is 0 Å². The van der Waals surface area contributed by atoms with Crippen molar-refractivity contribution in [3.8, 4) is 0 Å².